The van der Waals surface area contributed by atoms with E-state index in [9.17, 15) is 0 Å². The van der Waals surface area contributed by atoms with E-state index < -0.39 is 0 Å². The van der Waals surface area contributed by atoms with Crippen LogP contribution in [0.3, 0.4) is 0 Å². The molecule has 0 saturated carbocycles. The van der Waals surface area contributed by atoms with Crippen LogP contribution >= 0.6 is 15.9 Å². The van der Waals surface area contributed by atoms with Gasteiger partial charge >= 0.3 is 0 Å². The Hall–Kier alpha value is -1.05. The lowest BCUT2D eigenvalue weighted by molar-refractivity contribution is 0.185. The van der Waals surface area contributed by atoms with Crippen molar-refractivity contribution in [2.45, 2.75) is 19.4 Å². The van der Waals surface area contributed by atoms with Gasteiger partial charge in [0.25, 0.3) is 0 Å². The van der Waals surface area contributed by atoms with E-state index in [1.54, 1.807) is 7.11 Å². The van der Waals surface area contributed by atoms with E-state index in [4.69, 9.17) is 10.00 Å². The van der Waals surface area contributed by atoms with E-state index in [-0.39, 0.29) is 0 Å². The largest absolute Gasteiger partial charge is 0.385 e. The molecule has 0 saturated heterocycles. The summed E-state index contributed by atoms with van der Waals surface area (Å²) in [7, 11) is 1.68. The molecule has 86 valence electrons. The lowest BCUT2D eigenvalue weighted by Gasteiger charge is -2.12. The summed E-state index contributed by atoms with van der Waals surface area (Å²) in [6, 6.07) is 8.13. The van der Waals surface area contributed by atoms with E-state index >= 15 is 0 Å². The van der Waals surface area contributed by atoms with Crippen molar-refractivity contribution < 1.29 is 4.74 Å². The molecule has 0 bridgehead atoms. The summed E-state index contributed by atoms with van der Waals surface area (Å²) in [5.41, 5.74) is 2.18. The zero-order valence-corrected chi connectivity index (χ0v) is 10.9. The maximum Gasteiger partial charge on any atom is 0.0744 e. The van der Waals surface area contributed by atoms with Gasteiger partial charge < -0.3 is 10.1 Å². The Bertz CT molecular complexity index is 374. The van der Waals surface area contributed by atoms with Gasteiger partial charge in [-0.2, -0.15) is 5.26 Å². The zero-order valence-electron chi connectivity index (χ0n) is 9.29. The van der Waals surface area contributed by atoms with Crippen LogP contribution in [0.1, 0.15) is 18.4 Å². The van der Waals surface area contributed by atoms with Crippen LogP contribution < -0.4 is 5.32 Å². The number of halogens is 1. The van der Waals surface area contributed by atoms with E-state index in [1.165, 1.54) is 0 Å². The third-order valence-corrected chi connectivity index (χ3v) is 2.93. The van der Waals surface area contributed by atoms with Gasteiger partial charge in [0.1, 0.15) is 0 Å². The average molecular weight is 283 g/mol. The van der Waals surface area contributed by atoms with E-state index in [2.05, 4.69) is 27.3 Å². The minimum Gasteiger partial charge on any atom is -0.385 e. The highest BCUT2D eigenvalue weighted by molar-refractivity contribution is 9.10. The minimum absolute atomic E-state index is 0.571. The average Bonchev–Trinajstić information content (AvgIpc) is 2.29. The number of nitrogens with one attached hydrogen (secondary N) is 1. The maximum absolute atomic E-state index is 8.44. The van der Waals surface area contributed by atoms with Crippen molar-refractivity contribution in [3.05, 3.63) is 28.2 Å². The third kappa shape index (κ3) is 3.84. The number of ether oxygens (including phenoxy) is 1. The summed E-state index contributed by atoms with van der Waals surface area (Å²) >= 11 is 3.50. The highest BCUT2D eigenvalue weighted by atomic mass is 79.9. The van der Waals surface area contributed by atoms with Crippen LogP contribution in [-0.2, 0) is 11.3 Å². The Kier molecular flexibility index (Phi) is 5.91. The first kappa shape index (κ1) is 13.0. The lowest BCUT2D eigenvalue weighted by atomic mass is 10.2. The van der Waals surface area contributed by atoms with Crippen LogP contribution in [0.15, 0.2) is 22.7 Å². The lowest BCUT2D eigenvalue weighted by Crippen LogP contribution is -2.05. The molecule has 0 aliphatic heterocycles. The molecule has 3 nitrogen and oxygen atoms in total. The predicted molar refractivity (Wildman–Crippen MR) is 68.2 cm³/mol. The number of hydrogen-bond donors (Lipinski definition) is 1. The van der Waals surface area contributed by atoms with Gasteiger partial charge in [0.15, 0.2) is 0 Å². The van der Waals surface area contributed by atoms with Crippen molar-refractivity contribution in [1.82, 2.24) is 0 Å². The predicted octanol–water partition coefficient (Wildman–Crippen LogP) is 3.31. The third-order valence-electron chi connectivity index (χ3n) is 2.19. The second kappa shape index (κ2) is 7.26. The van der Waals surface area contributed by atoms with Gasteiger partial charge in [-0.1, -0.05) is 22.0 Å². The molecule has 4 heteroatoms. The molecule has 1 aromatic carbocycles. The minimum atomic E-state index is 0.571. The maximum atomic E-state index is 8.44. The smallest absolute Gasteiger partial charge is 0.0744 e. The van der Waals surface area contributed by atoms with Crippen molar-refractivity contribution >= 4 is 21.6 Å². The molecule has 0 spiro atoms. The standard InChI is InChI=1S/C12H15BrN2O/c1-16-9-10-11(13)5-4-6-12(10)15-8-3-2-7-14/h4-6,15H,2-3,8-9H2,1H3. The molecule has 0 radical (unpaired) electrons. The molecule has 1 rings (SSSR count). The first-order valence-electron chi connectivity index (χ1n) is 5.16. The van der Waals surface area contributed by atoms with Gasteiger partial charge in [0, 0.05) is 35.8 Å². The SMILES string of the molecule is COCc1c(Br)cccc1NCCCC#N. The summed E-state index contributed by atoms with van der Waals surface area (Å²) in [6.45, 7) is 1.38. The highest BCUT2D eigenvalue weighted by Crippen LogP contribution is 2.25. The number of nitrogens with zero attached hydrogens (tertiary/aromatic N) is 1. The quantitative estimate of drug-likeness (QED) is 0.815. The number of methoxy groups -OCH3 is 1. The Labute approximate surface area is 105 Å². The molecular formula is C12H15BrN2O. The molecule has 16 heavy (non-hydrogen) atoms. The Morgan fingerprint density at radius 2 is 2.31 bits per heavy atom. The van der Waals surface area contributed by atoms with E-state index in [1.807, 2.05) is 18.2 Å². The Morgan fingerprint density at radius 3 is 3.00 bits per heavy atom. The molecule has 0 fully saturated rings. The molecular weight excluding hydrogens is 268 g/mol. The van der Waals surface area contributed by atoms with Crippen LogP contribution in [0.4, 0.5) is 5.69 Å². The van der Waals surface area contributed by atoms with Crippen molar-refractivity contribution in [1.29, 1.82) is 5.26 Å². The molecule has 1 N–H and O–H groups in total. The monoisotopic (exact) mass is 282 g/mol. The number of unbranched alkanes of at least 4 members (excludes halogenated alkanes) is 1. The number of benzene rings is 1. The van der Waals surface area contributed by atoms with Crippen molar-refractivity contribution in [3.63, 3.8) is 0 Å². The molecule has 0 aliphatic carbocycles. The molecule has 0 aliphatic rings. The van der Waals surface area contributed by atoms with Gasteiger partial charge in [-0.15, -0.1) is 0 Å². The molecule has 0 heterocycles. The Morgan fingerprint density at radius 1 is 1.50 bits per heavy atom. The fraction of sp³-hybridized carbons (Fsp3) is 0.417. The summed E-state index contributed by atoms with van der Waals surface area (Å²) < 4.78 is 6.20. The number of rotatable bonds is 6. The van der Waals surface area contributed by atoms with Crippen LogP contribution in [0.5, 0.6) is 0 Å². The van der Waals surface area contributed by atoms with Crippen LogP contribution in [0.25, 0.3) is 0 Å². The Balaban J connectivity index is 2.64. The summed E-state index contributed by atoms with van der Waals surface area (Å²) in [6.07, 6.45) is 1.44. The summed E-state index contributed by atoms with van der Waals surface area (Å²) in [5.74, 6) is 0. The van der Waals surface area contributed by atoms with Crippen molar-refractivity contribution in [2.75, 3.05) is 19.0 Å². The normalized spacial score (nSPS) is 9.81. The first-order chi connectivity index (χ1) is 7.79. The highest BCUT2D eigenvalue weighted by Gasteiger charge is 2.05. The van der Waals surface area contributed by atoms with Gasteiger partial charge in [0.2, 0.25) is 0 Å². The van der Waals surface area contributed by atoms with Crippen molar-refractivity contribution in [3.8, 4) is 6.07 Å². The van der Waals surface area contributed by atoms with Gasteiger partial charge in [-0.05, 0) is 18.6 Å². The topological polar surface area (TPSA) is 45.0 Å². The second-order valence-corrected chi connectivity index (χ2v) is 4.24. The summed E-state index contributed by atoms with van der Waals surface area (Å²) in [5, 5.41) is 11.8. The number of anilines is 1. The van der Waals surface area contributed by atoms with E-state index in [0.717, 1.165) is 28.7 Å². The fourth-order valence-electron chi connectivity index (χ4n) is 1.41. The molecule has 0 amide bonds. The first-order valence-corrected chi connectivity index (χ1v) is 5.96. The molecule has 0 unspecified atom stereocenters. The second-order valence-electron chi connectivity index (χ2n) is 3.39. The van der Waals surface area contributed by atoms with Crippen LogP contribution in [0, 0.1) is 11.3 Å². The summed E-state index contributed by atoms with van der Waals surface area (Å²) in [4.78, 5) is 0. The number of hydrogen-bond acceptors (Lipinski definition) is 3. The molecule has 1 aromatic rings. The molecule has 0 aromatic heterocycles. The zero-order chi connectivity index (χ0) is 11.8. The van der Waals surface area contributed by atoms with Gasteiger partial charge in [-0.3, -0.25) is 0 Å². The van der Waals surface area contributed by atoms with Crippen LogP contribution in [-0.4, -0.2) is 13.7 Å². The van der Waals surface area contributed by atoms with Gasteiger partial charge in [0.05, 0.1) is 12.7 Å². The van der Waals surface area contributed by atoms with Gasteiger partial charge in [-0.25, -0.2) is 0 Å². The number of nitriles is 1. The van der Waals surface area contributed by atoms with E-state index in [0.29, 0.717) is 13.0 Å². The van der Waals surface area contributed by atoms with Crippen molar-refractivity contribution in [2.24, 2.45) is 0 Å². The fourth-order valence-corrected chi connectivity index (χ4v) is 1.89. The van der Waals surface area contributed by atoms with Crippen LogP contribution in [0.2, 0.25) is 0 Å². The molecule has 0 atom stereocenters.